The molecule has 0 aliphatic carbocycles. The second kappa shape index (κ2) is 4.88. The summed E-state index contributed by atoms with van der Waals surface area (Å²) in [6, 6.07) is 0. The number of carbonyl (C=O) groups is 1. The van der Waals surface area contributed by atoms with E-state index >= 15 is 0 Å². The molecule has 0 aromatic carbocycles. The van der Waals surface area contributed by atoms with E-state index in [1.54, 1.807) is 0 Å². The van der Waals surface area contributed by atoms with Crippen molar-refractivity contribution in [2.45, 2.75) is 24.5 Å². The molecule has 1 rings (SSSR count). The standard InChI is InChI=1S/C7H12O8S2/c1-3-13-7(8)6-4-14-16(9,10)5(2)17(11,12)15-6/h5-6H,3-4H2,1-2H3. The molecule has 0 saturated carbocycles. The van der Waals surface area contributed by atoms with Crippen molar-refractivity contribution < 1.29 is 34.7 Å². The minimum Gasteiger partial charge on any atom is -0.464 e. The smallest absolute Gasteiger partial charge is 0.339 e. The molecule has 100 valence electrons. The molecule has 17 heavy (non-hydrogen) atoms. The van der Waals surface area contributed by atoms with E-state index in [0.717, 1.165) is 6.92 Å². The first-order valence-electron chi connectivity index (χ1n) is 4.67. The normalized spacial score (nSPS) is 31.4. The molecule has 0 bridgehead atoms. The van der Waals surface area contributed by atoms with Gasteiger partial charge in [0.15, 0.2) is 6.10 Å². The van der Waals surface area contributed by atoms with Gasteiger partial charge in [0.2, 0.25) is 4.58 Å². The lowest BCUT2D eigenvalue weighted by molar-refractivity contribution is -0.152. The van der Waals surface area contributed by atoms with E-state index in [1.807, 2.05) is 0 Å². The summed E-state index contributed by atoms with van der Waals surface area (Å²) in [6.45, 7) is 1.72. The van der Waals surface area contributed by atoms with E-state index in [0.29, 0.717) is 0 Å². The van der Waals surface area contributed by atoms with Crippen LogP contribution in [0.1, 0.15) is 13.8 Å². The second-order valence-electron chi connectivity index (χ2n) is 3.17. The average Bonchev–Trinajstić information content (AvgIpc) is 2.29. The van der Waals surface area contributed by atoms with E-state index in [2.05, 4.69) is 13.1 Å². The first-order chi connectivity index (χ1) is 7.70. The van der Waals surface area contributed by atoms with Crippen molar-refractivity contribution in [3.05, 3.63) is 0 Å². The van der Waals surface area contributed by atoms with Crippen molar-refractivity contribution in [3.8, 4) is 0 Å². The van der Waals surface area contributed by atoms with Gasteiger partial charge in [-0.2, -0.15) is 16.8 Å². The zero-order valence-corrected chi connectivity index (χ0v) is 10.8. The molecule has 0 amide bonds. The fourth-order valence-electron chi connectivity index (χ4n) is 1.01. The third-order valence-electron chi connectivity index (χ3n) is 2.00. The van der Waals surface area contributed by atoms with Crippen molar-refractivity contribution in [3.63, 3.8) is 0 Å². The number of rotatable bonds is 2. The molecule has 2 atom stereocenters. The fraction of sp³-hybridized carbons (Fsp3) is 0.857. The second-order valence-corrected chi connectivity index (χ2v) is 7.29. The number of carbonyl (C=O) groups excluding carboxylic acids is 1. The van der Waals surface area contributed by atoms with Crippen LogP contribution in [0.5, 0.6) is 0 Å². The maximum Gasteiger partial charge on any atom is 0.339 e. The quantitative estimate of drug-likeness (QED) is 0.468. The topological polar surface area (TPSA) is 113 Å². The van der Waals surface area contributed by atoms with Crippen LogP contribution in [-0.4, -0.2) is 46.7 Å². The zero-order valence-electron chi connectivity index (χ0n) is 9.15. The molecule has 1 aliphatic rings. The molecule has 0 aromatic heterocycles. The maximum atomic E-state index is 11.4. The molecule has 10 heteroatoms. The summed E-state index contributed by atoms with van der Waals surface area (Å²) in [5, 5.41) is 0. The monoisotopic (exact) mass is 288 g/mol. The number of hydrogen-bond acceptors (Lipinski definition) is 8. The lowest BCUT2D eigenvalue weighted by atomic mass is 10.4. The molecule has 2 unspecified atom stereocenters. The number of hydrogen-bond donors (Lipinski definition) is 0. The largest absolute Gasteiger partial charge is 0.464 e. The minimum atomic E-state index is -4.43. The van der Waals surface area contributed by atoms with Crippen molar-refractivity contribution in [2.24, 2.45) is 0 Å². The Morgan fingerprint density at radius 1 is 1.29 bits per heavy atom. The Morgan fingerprint density at radius 2 is 1.88 bits per heavy atom. The highest BCUT2D eigenvalue weighted by Crippen LogP contribution is 2.20. The van der Waals surface area contributed by atoms with Gasteiger partial charge in [0, 0.05) is 0 Å². The summed E-state index contributed by atoms with van der Waals surface area (Å²) < 4.78 is 57.0. The van der Waals surface area contributed by atoms with Gasteiger partial charge in [0.05, 0.1) is 6.61 Å². The van der Waals surface area contributed by atoms with E-state index in [-0.39, 0.29) is 6.61 Å². The van der Waals surface area contributed by atoms with Crippen molar-refractivity contribution >= 4 is 26.2 Å². The lowest BCUT2D eigenvalue weighted by Crippen LogP contribution is -2.32. The first kappa shape index (κ1) is 14.4. The Balaban J connectivity index is 3.02. The minimum absolute atomic E-state index is 0.0149. The van der Waals surface area contributed by atoms with Crippen LogP contribution in [0.2, 0.25) is 0 Å². The summed E-state index contributed by atoms with van der Waals surface area (Å²) in [7, 11) is -8.74. The van der Waals surface area contributed by atoms with Gasteiger partial charge >= 0.3 is 5.97 Å². The Labute approximate surface area is 99.1 Å². The average molecular weight is 288 g/mol. The Kier molecular flexibility index (Phi) is 4.12. The van der Waals surface area contributed by atoms with E-state index in [1.165, 1.54) is 6.92 Å². The van der Waals surface area contributed by atoms with Crippen LogP contribution in [0, 0.1) is 0 Å². The molecule has 0 aromatic rings. The van der Waals surface area contributed by atoms with Gasteiger partial charge in [-0.1, -0.05) is 0 Å². The number of ether oxygens (including phenoxy) is 1. The SMILES string of the molecule is CCOC(=O)C1COS(=O)(=O)C(C)S(=O)(=O)O1. The Bertz CT molecular complexity index is 490. The van der Waals surface area contributed by atoms with E-state index < -0.39 is 43.5 Å². The highest BCUT2D eigenvalue weighted by molar-refractivity contribution is 8.04. The van der Waals surface area contributed by atoms with E-state index in [9.17, 15) is 21.6 Å². The lowest BCUT2D eigenvalue weighted by Gasteiger charge is -2.11. The van der Waals surface area contributed by atoms with Crippen molar-refractivity contribution in [1.29, 1.82) is 0 Å². The predicted octanol–water partition coefficient (Wildman–Crippen LogP) is -1.03. The fourth-order valence-corrected chi connectivity index (χ4v) is 3.58. The first-order valence-corrected chi connectivity index (χ1v) is 7.62. The van der Waals surface area contributed by atoms with Crippen molar-refractivity contribution in [2.75, 3.05) is 13.2 Å². The highest BCUT2D eigenvalue weighted by atomic mass is 32.3. The molecule has 0 N–H and O–H groups in total. The van der Waals surface area contributed by atoms with Gasteiger partial charge in [-0.3, -0.25) is 8.37 Å². The Morgan fingerprint density at radius 3 is 2.41 bits per heavy atom. The Hall–Kier alpha value is -0.710. The molecule has 1 aliphatic heterocycles. The summed E-state index contributed by atoms with van der Waals surface area (Å²) in [5.74, 6) is -0.986. The molecule has 0 spiro atoms. The van der Waals surface area contributed by atoms with Gasteiger partial charge in [-0.25, -0.2) is 4.79 Å². The van der Waals surface area contributed by atoms with Gasteiger partial charge in [0.1, 0.15) is 6.61 Å². The molecule has 1 saturated heterocycles. The van der Waals surface area contributed by atoms with Crippen LogP contribution >= 0.6 is 0 Å². The highest BCUT2D eigenvalue weighted by Gasteiger charge is 2.43. The molecular formula is C7H12O8S2. The van der Waals surface area contributed by atoms with Gasteiger partial charge < -0.3 is 4.74 Å². The van der Waals surface area contributed by atoms with Crippen LogP contribution < -0.4 is 0 Å². The third-order valence-corrected chi connectivity index (χ3v) is 6.00. The summed E-state index contributed by atoms with van der Waals surface area (Å²) in [4.78, 5) is 11.3. The number of esters is 1. The van der Waals surface area contributed by atoms with Crippen LogP contribution in [0.3, 0.4) is 0 Å². The molecule has 1 heterocycles. The molecule has 0 radical (unpaired) electrons. The van der Waals surface area contributed by atoms with Crippen molar-refractivity contribution in [1.82, 2.24) is 0 Å². The van der Waals surface area contributed by atoms with Crippen LogP contribution in [0.4, 0.5) is 0 Å². The van der Waals surface area contributed by atoms with Gasteiger partial charge in [0.25, 0.3) is 20.2 Å². The summed E-state index contributed by atoms with van der Waals surface area (Å²) in [5.41, 5.74) is 0. The maximum absolute atomic E-state index is 11.4. The van der Waals surface area contributed by atoms with Gasteiger partial charge in [-0.15, -0.1) is 0 Å². The molecular weight excluding hydrogens is 276 g/mol. The predicted molar refractivity (Wildman–Crippen MR) is 54.8 cm³/mol. The van der Waals surface area contributed by atoms with Crippen LogP contribution in [0.25, 0.3) is 0 Å². The zero-order chi connectivity index (χ0) is 13.3. The summed E-state index contributed by atoms with van der Waals surface area (Å²) in [6.07, 6.45) is -1.60. The van der Waals surface area contributed by atoms with E-state index in [4.69, 9.17) is 0 Å². The van der Waals surface area contributed by atoms with Gasteiger partial charge in [-0.05, 0) is 13.8 Å². The van der Waals surface area contributed by atoms with Crippen LogP contribution in [0.15, 0.2) is 0 Å². The van der Waals surface area contributed by atoms with Crippen LogP contribution in [-0.2, 0) is 38.1 Å². The summed E-state index contributed by atoms with van der Waals surface area (Å²) >= 11 is 0. The molecule has 1 fully saturated rings. The molecule has 8 nitrogen and oxygen atoms in total. The third kappa shape index (κ3) is 3.15.